The maximum absolute atomic E-state index is 12.4. The molecule has 1 aromatic heterocycles. The summed E-state index contributed by atoms with van der Waals surface area (Å²) < 4.78 is 8.02. The molecular formula is C24H21BrN5O3S+. The van der Waals surface area contributed by atoms with Crippen molar-refractivity contribution in [1.29, 1.82) is 0 Å². The number of aromatic nitrogens is 3. The molecule has 0 aliphatic carbocycles. The van der Waals surface area contributed by atoms with Crippen molar-refractivity contribution in [2.24, 2.45) is 5.10 Å². The summed E-state index contributed by atoms with van der Waals surface area (Å²) in [6.45, 7) is 0. The van der Waals surface area contributed by atoms with Gasteiger partial charge in [-0.2, -0.15) is 9.67 Å². The molecule has 1 heterocycles. The van der Waals surface area contributed by atoms with E-state index in [0.29, 0.717) is 16.5 Å². The molecule has 8 nitrogen and oxygen atoms in total. The van der Waals surface area contributed by atoms with E-state index in [1.807, 2.05) is 59.2 Å². The number of aromatic amines is 1. The topological polar surface area (TPSA) is 103 Å². The van der Waals surface area contributed by atoms with Gasteiger partial charge in [-0.15, -0.1) is 5.10 Å². The summed E-state index contributed by atoms with van der Waals surface area (Å²) in [4.78, 5) is 12.4. The third-order valence-electron chi connectivity index (χ3n) is 4.74. The Labute approximate surface area is 208 Å². The van der Waals surface area contributed by atoms with Gasteiger partial charge in [0.15, 0.2) is 11.5 Å². The minimum Gasteiger partial charge on any atom is -0.504 e. The number of thioether (sulfide) groups is 1. The molecule has 172 valence electrons. The number of hydrazone groups is 1. The van der Waals surface area contributed by atoms with Gasteiger partial charge in [0, 0.05) is 4.47 Å². The van der Waals surface area contributed by atoms with Crippen molar-refractivity contribution < 1.29 is 19.2 Å². The van der Waals surface area contributed by atoms with Crippen LogP contribution in [-0.4, -0.2) is 40.3 Å². The number of aromatic hydroxyl groups is 1. The lowest BCUT2D eigenvalue weighted by Gasteiger charge is -2.05. The van der Waals surface area contributed by atoms with Gasteiger partial charge < -0.3 is 9.84 Å². The normalized spacial score (nSPS) is 11.0. The highest BCUT2D eigenvalue weighted by Crippen LogP contribution is 2.25. The number of benzene rings is 3. The van der Waals surface area contributed by atoms with Crippen LogP contribution in [0.1, 0.15) is 5.56 Å². The van der Waals surface area contributed by atoms with Crippen molar-refractivity contribution in [2.75, 3.05) is 12.9 Å². The minimum absolute atomic E-state index is 0.0352. The van der Waals surface area contributed by atoms with Gasteiger partial charge in [-0.05, 0) is 71.9 Å². The van der Waals surface area contributed by atoms with Gasteiger partial charge in [-0.1, -0.05) is 34.1 Å². The highest BCUT2D eigenvalue weighted by molar-refractivity contribution is 9.10. The Balaban J connectivity index is 1.48. The lowest BCUT2D eigenvalue weighted by Crippen LogP contribution is -2.34. The van der Waals surface area contributed by atoms with Gasteiger partial charge in [-0.3, -0.25) is 4.79 Å². The minimum atomic E-state index is -0.279. The summed E-state index contributed by atoms with van der Waals surface area (Å²) in [5.41, 5.74) is 5.08. The average Bonchev–Trinajstić information content (AvgIpc) is 3.29. The molecule has 0 radical (unpaired) electrons. The zero-order valence-corrected chi connectivity index (χ0v) is 20.5. The maximum Gasteiger partial charge on any atom is 0.342 e. The number of phenolic OH excluding ortho intramolecular Hbond substituents is 1. The molecule has 0 aliphatic heterocycles. The Morgan fingerprint density at radius 1 is 1.21 bits per heavy atom. The fourth-order valence-electron chi connectivity index (χ4n) is 3.13. The van der Waals surface area contributed by atoms with Crippen LogP contribution in [0.3, 0.4) is 0 Å². The highest BCUT2D eigenvalue weighted by Gasteiger charge is 2.24. The Morgan fingerprint density at radius 2 is 1.97 bits per heavy atom. The smallest absolute Gasteiger partial charge is 0.342 e. The second-order valence-corrected chi connectivity index (χ2v) is 8.90. The van der Waals surface area contributed by atoms with Gasteiger partial charge in [0.2, 0.25) is 0 Å². The number of nitrogens with zero attached hydrogens (tertiary/aromatic N) is 3. The molecule has 0 bridgehead atoms. The van der Waals surface area contributed by atoms with E-state index in [1.165, 1.54) is 31.2 Å². The van der Waals surface area contributed by atoms with Gasteiger partial charge >= 0.3 is 5.16 Å². The number of ether oxygens (including phenoxy) is 1. The first-order valence-electron chi connectivity index (χ1n) is 10.2. The van der Waals surface area contributed by atoms with E-state index >= 15 is 0 Å². The van der Waals surface area contributed by atoms with Crippen LogP contribution < -0.4 is 14.7 Å². The number of methoxy groups -OCH3 is 1. The van der Waals surface area contributed by atoms with E-state index in [9.17, 15) is 9.90 Å². The molecular weight excluding hydrogens is 518 g/mol. The zero-order valence-electron chi connectivity index (χ0n) is 18.1. The number of halogens is 1. The van der Waals surface area contributed by atoms with Crippen LogP contribution >= 0.6 is 27.7 Å². The van der Waals surface area contributed by atoms with Crippen LogP contribution in [0, 0.1) is 0 Å². The highest BCUT2D eigenvalue weighted by atomic mass is 79.9. The third kappa shape index (κ3) is 5.64. The van der Waals surface area contributed by atoms with E-state index in [0.717, 1.165) is 21.5 Å². The Kier molecular flexibility index (Phi) is 7.61. The van der Waals surface area contributed by atoms with Crippen molar-refractivity contribution in [2.45, 2.75) is 5.16 Å². The lowest BCUT2D eigenvalue weighted by molar-refractivity contribution is -0.625. The molecule has 0 fully saturated rings. The summed E-state index contributed by atoms with van der Waals surface area (Å²) in [6, 6.07) is 22.5. The second kappa shape index (κ2) is 11.0. The molecule has 1 amide bonds. The Bertz CT molecular complexity index is 1310. The largest absolute Gasteiger partial charge is 0.504 e. The third-order valence-corrected chi connectivity index (χ3v) is 6.21. The number of carbonyl (C=O) groups excluding carboxylic acids is 1. The molecule has 3 aromatic carbocycles. The molecule has 0 aliphatic rings. The van der Waals surface area contributed by atoms with Gasteiger partial charge in [-0.25, -0.2) is 5.43 Å². The van der Waals surface area contributed by atoms with Crippen LogP contribution in [-0.2, 0) is 4.79 Å². The number of hydrogen-bond donors (Lipinski definition) is 3. The van der Waals surface area contributed by atoms with Crippen molar-refractivity contribution in [3.05, 3.63) is 82.8 Å². The number of hydrogen-bond acceptors (Lipinski definition) is 6. The molecule has 4 aromatic rings. The number of nitrogens with one attached hydrogen (secondary N) is 2. The second-order valence-electron chi connectivity index (χ2n) is 7.05. The van der Waals surface area contributed by atoms with E-state index in [1.54, 1.807) is 12.1 Å². The van der Waals surface area contributed by atoms with Crippen molar-refractivity contribution in [3.63, 3.8) is 0 Å². The summed E-state index contributed by atoms with van der Waals surface area (Å²) in [6.07, 6.45) is 1.48. The quantitative estimate of drug-likeness (QED) is 0.136. The number of H-pyrrole nitrogens is 1. The summed E-state index contributed by atoms with van der Waals surface area (Å²) >= 11 is 4.76. The van der Waals surface area contributed by atoms with Gasteiger partial charge in [0.25, 0.3) is 11.7 Å². The van der Waals surface area contributed by atoms with Gasteiger partial charge in [0.1, 0.15) is 5.69 Å². The lowest BCUT2D eigenvalue weighted by atomic mass is 10.2. The molecule has 0 saturated heterocycles. The van der Waals surface area contributed by atoms with E-state index < -0.39 is 0 Å². The van der Waals surface area contributed by atoms with Crippen LogP contribution in [0.25, 0.3) is 17.1 Å². The standard InChI is InChI=1S/C24H20BrN5O3S/c1-33-21-13-16(7-12-20(21)31)14-26-27-22(32)15-34-24-29-28-23(17-5-3-2-4-6-17)30(24)19-10-8-18(25)9-11-19/h2-14H,15H2,1H3,(H2,26,27,31,32)/p+1. The van der Waals surface area contributed by atoms with Crippen LogP contribution in [0.15, 0.2) is 87.5 Å². The molecule has 10 heteroatoms. The molecule has 4 rings (SSSR count). The zero-order chi connectivity index (χ0) is 23.9. The molecule has 0 unspecified atom stereocenters. The van der Waals surface area contributed by atoms with Crippen LogP contribution in [0.4, 0.5) is 0 Å². The first kappa shape index (κ1) is 23.5. The fraction of sp³-hybridized carbons (Fsp3) is 0.0833. The number of amides is 1. The van der Waals surface area contributed by atoms with E-state index in [2.05, 4.69) is 36.7 Å². The number of phenols is 1. The molecule has 0 saturated carbocycles. The average molecular weight is 539 g/mol. The Morgan fingerprint density at radius 3 is 2.71 bits per heavy atom. The summed E-state index contributed by atoms with van der Waals surface area (Å²) in [5, 5.41) is 21.8. The molecule has 3 N–H and O–H groups in total. The molecule has 34 heavy (non-hydrogen) atoms. The SMILES string of the molecule is COc1cc(/C=N/NC(=O)CSc2n[nH]c(-c3ccccc3)[n+]2-c2ccc(Br)cc2)ccc1O. The van der Waals surface area contributed by atoms with Crippen molar-refractivity contribution in [1.82, 2.24) is 15.6 Å². The number of rotatable bonds is 8. The summed E-state index contributed by atoms with van der Waals surface area (Å²) in [7, 11) is 1.47. The van der Waals surface area contributed by atoms with Crippen LogP contribution in [0.5, 0.6) is 11.5 Å². The first-order valence-corrected chi connectivity index (χ1v) is 12.0. The fourth-order valence-corrected chi connectivity index (χ4v) is 4.15. The van der Waals surface area contributed by atoms with Gasteiger partial charge in [0.05, 0.1) is 29.7 Å². The molecule has 0 spiro atoms. The van der Waals surface area contributed by atoms with E-state index in [4.69, 9.17) is 4.74 Å². The van der Waals surface area contributed by atoms with Crippen molar-refractivity contribution in [3.8, 4) is 28.6 Å². The van der Waals surface area contributed by atoms with Crippen LogP contribution in [0.2, 0.25) is 0 Å². The van der Waals surface area contributed by atoms with Crippen molar-refractivity contribution >= 4 is 39.8 Å². The predicted molar refractivity (Wildman–Crippen MR) is 134 cm³/mol. The monoisotopic (exact) mass is 538 g/mol. The predicted octanol–water partition coefficient (Wildman–Crippen LogP) is 4.07. The Hall–Kier alpha value is -3.63. The first-order chi connectivity index (χ1) is 16.5. The van der Waals surface area contributed by atoms with E-state index in [-0.39, 0.29) is 17.4 Å². The summed E-state index contributed by atoms with van der Waals surface area (Å²) in [5.74, 6) is 1.01. The molecule has 0 atom stereocenters. The number of carbonyl (C=O) groups is 1. The maximum atomic E-state index is 12.4.